The van der Waals surface area contributed by atoms with Crippen LogP contribution in [0.15, 0.2) is 30.3 Å². The highest BCUT2D eigenvalue weighted by molar-refractivity contribution is 5.14. The van der Waals surface area contributed by atoms with Crippen LogP contribution in [0.25, 0.3) is 0 Å². The Balaban J connectivity index is 2.10. The molecule has 1 rings (SSSR count). The molecule has 0 radical (unpaired) electrons. The molecule has 0 heterocycles. The first-order chi connectivity index (χ1) is 6.83. The van der Waals surface area contributed by atoms with Gasteiger partial charge < -0.3 is 10.5 Å². The molecule has 0 spiro atoms. The van der Waals surface area contributed by atoms with Gasteiger partial charge in [0.2, 0.25) is 0 Å². The third-order valence-electron chi connectivity index (χ3n) is 2.18. The predicted octanol–water partition coefficient (Wildman–Crippen LogP) is 1.84. The molecule has 14 heavy (non-hydrogen) atoms. The van der Waals surface area contributed by atoms with Gasteiger partial charge in [-0.05, 0) is 24.4 Å². The number of hydrogen-bond donors (Lipinski definition) is 1. The molecule has 0 bridgehead atoms. The Morgan fingerprint density at radius 1 is 1.29 bits per heavy atom. The van der Waals surface area contributed by atoms with Crippen molar-refractivity contribution < 1.29 is 4.74 Å². The Labute approximate surface area is 86.1 Å². The zero-order chi connectivity index (χ0) is 10.2. The lowest BCUT2D eigenvalue weighted by atomic mass is 10.2. The number of nitrogens with two attached hydrogens (primary N) is 1. The van der Waals surface area contributed by atoms with Gasteiger partial charge >= 0.3 is 0 Å². The summed E-state index contributed by atoms with van der Waals surface area (Å²) in [7, 11) is 0. The lowest BCUT2D eigenvalue weighted by Crippen LogP contribution is -2.17. The fourth-order valence-electron chi connectivity index (χ4n) is 1.19. The van der Waals surface area contributed by atoms with E-state index in [2.05, 4.69) is 31.2 Å². The van der Waals surface area contributed by atoms with Crippen LogP contribution in [0.2, 0.25) is 0 Å². The molecule has 1 aromatic rings. The zero-order valence-corrected chi connectivity index (χ0v) is 8.78. The maximum absolute atomic E-state index is 5.51. The third-order valence-corrected chi connectivity index (χ3v) is 2.18. The van der Waals surface area contributed by atoms with E-state index in [1.807, 2.05) is 6.07 Å². The highest BCUT2D eigenvalue weighted by Crippen LogP contribution is 2.00. The Morgan fingerprint density at radius 2 is 2.00 bits per heavy atom. The second kappa shape index (κ2) is 6.57. The number of ether oxygens (including phenoxy) is 1. The van der Waals surface area contributed by atoms with E-state index in [4.69, 9.17) is 10.5 Å². The van der Waals surface area contributed by atoms with Crippen LogP contribution in [0.3, 0.4) is 0 Å². The molecule has 0 saturated carbocycles. The lowest BCUT2D eigenvalue weighted by Gasteiger charge is -2.08. The summed E-state index contributed by atoms with van der Waals surface area (Å²) in [5.41, 5.74) is 6.81. The van der Waals surface area contributed by atoms with Crippen LogP contribution in [0.5, 0.6) is 0 Å². The SMILES string of the molecule is CC(CN)COCCc1ccccc1. The Hall–Kier alpha value is -0.860. The topological polar surface area (TPSA) is 35.2 Å². The summed E-state index contributed by atoms with van der Waals surface area (Å²) >= 11 is 0. The summed E-state index contributed by atoms with van der Waals surface area (Å²) in [6.45, 7) is 4.35. The standard InChI is InChI=1S/C12H19NO/c1-11(9-13)10-14-8-7-12-5-3-2-4-6-12/h2-6,11H,7-10,13H2,1H3. The second-order valence-electron chi connectivity index (χ2n) is 3.65. The molecule has 0 saturated heterocycles. The predicted molar refractivity (Wildman–Crippen MR) is 59.2 cm³/mol. The maximum atomic E-state index is 5.51. The minimum Gasteiger partial charge on any atom is -0.381 e. The maximum Gasteiger partial charge on any atom is 0.0506 e. The molecule has 0 aliphatic rings. The number of rotatable bonds is 6. The minimum absolute atomic E-state index is 0.464. The summed E-state index contributed by atoms with van der Waals surface area (Å²) in [6, 6.07) is 10.4. The molecule has 0 aliphatic carbocycles. The van der Waals surface area contributed by atoms with Crippen LogP contribution in [-0.4, -0.2) is 19.8 Å². The van der Waals surface area contributed by atoms with Crippen LogP contribution in [0.4, 0.5) is 0 Å². The zero-order valence-electron chi connectivity index (χ0n) is 8.78. The van der Waals surface area contributed by atoms with Crippen LogP contribution >= 0.6 is 0 Å². The van der Waals surface area contributed by atoms with Gasteiger partial charge in [0, 0.05) is 0 Å². The first-order valence-corrected chi connectivity index (χ1v) is 5.14. The molecule has 0 aliphatic heterocycles. The summed E-state index contributed by atoms with van der Waals surface area (Å²) < 4.78 is 5.51. The van der Waals surface area contributed by atoms with Gasteiger partial charge in [-0.25, -0.2) is 0 Å². The van der Waals surface area contributed by atoms with Crippen LogP contribution in [-0.2, 0) is 11.2 Å². The van der Waals surface area contributed by atoms with Crippen molar-refractivity contribution in [1.29, 1.82) is 0 Å². The van der Waals surface area contributed by atoms with Crippen molar-refractivity contribution in [3.8, 4) is 0 Å². The van der Waals surface area contributed by atoms with Gasteiger partial charge in [0.1, 0.15) is 0 Å². The highest BCUT2D eigenvalue weighted by atomic mass is 16.5. The molecule has 1 unspecified atom stereocenters. The molecular weight excluding hydrogens is 174 g/mol. The molecule has 0 aromatic heterocycles. The van der Waals surface area contributed by atoms with E-state index < -0.39 is 0 Å². The Bertz CT molecular complexity index is 235. The third kappa shape index (κ3) is 4.40. The van der Waals surface area contributed by atoms with Crippen molar-refractivity contribution in [2.45, 2.75) is 13.3 Å². The molecule has 1 atom stereocenters. The molecule has 2 nitrogen and oxygen atoms in total. The van der Waals surface area contributed by atoms with Crippen LogP contribution < -0.4 is 5.73 Å². The fourth-order valence-corrected chi connectivity index (χ4v) is 1.19. The van der Waals surface area contributed by atoms with Gasteiger partial charge in [-0.2, -0.15) is 0 Å². The highest BCUT2D eigenvalue weighted by Gasteiger charge is 1.98. The van der Waals surface area contributed by atoms with E-state index in [0.717, 1.165) is 19.6 Å². The first-order valence-electron chi connectivity index (χ1n) is 5.14. The molecule has 78 valence electrons. The molecule has 0 amide bonds. The van der Waals surface area contributed by atoms with Crippen molar-refractivity contribution in [3.05, 3.63) is 35.9 Å². The fraction of sp³-hybridized carbons (Fsp3) is 0.500. The summed E-state index contributed by atoms with van der Waals surface area (Å²) in [6.07, 6.45) is 0.984. The van der Waals surface area contributed by atoms with E-state index in [1.54, 1.807) is 0 Å². The monoisotopic (exact) mass is 193 g/mol. The molecule has 2 heteroatoms. The van der Waals surface area contributed by atoms with Crippen LogP contribution in [0.1, 0.15) is 12.5 Å². The van der Waals surface area contributed by atoms with Crippen molar-refractivity contribution in [1.82, 2.24) is 0 Å². The van der Waals surface area contributed by atoms with Gasteiger partial charge in [0.25, 0.3) is 0 Å². The molecule has 1 aromatic carbocycles. The van der Waals surface area contributed by atoms with E-state index in [0.29, 0.717) is 12.5 Å². The second-order valence-corrected chi connectivity index (χ2v) is 3.65. The number of benzene rings is 1. The van der Waals surface area contributed by atoms with Gasteiger partial charge in [0.05, 0.1) is 13.2 Å². The lowest BCUT2D eigenvalue weighted by molar-refractivity contribution is 0.110. The van der Waals surface area contributed by atoms with Gasteiger partial charge in [0.15, 0.2) is 0 Å². The number of hydrogen-bond acceptors (Lipinski definition) is 2. The largest absolute Gasteiger partial charge is 0.381 e. The Morgan fingerprint density at radius 3 is 2.64 bits per heavy atom. The van der Waals surface area contributed by atoms with Crippen LogP contribution in [0, 0.1) is 5.92 Å². The van der Waals surface area contributed by atoms with E-state index in [1.165, 1.54) is 5.56 Å². The quantitative estimate of drug-likeness (QED) is 0.700. The minimum atomic E-state index is 0.464. The summed E-state index contributed by atoms with van der Waals surface area (Å²) in [4.78, 5) is 0. The molecule has 2 N–H and O–H groups in total. The van der Waals surface area contributed by atoms with Crippen molar-refractivity contribution in [2.75, 3.05) is 19.8 Å². The van der Waals surface area contributed by atoms with E-state index >= 15 is 0 Å². The van der Waals surface area contributed by atoms with Gasteiger partial charge in [-0.3, -0.25) is 0 Å². The average Bonchev–Trinajstić information content (AvgIpc) is 2.25. The van der Waals surface area contributed by atoms with Crippen molar-refractivity contribution in [3.63, 3.8) is 0 Å². The summed E-state index contributed by atoms with van der Waals surface area (Å²) in [5, 5.41) is 0. The summed E-state index contributed by atoms with van der Waals surface area (Å²) in [5.74, 6) is 0.464. The average molecular weight is 193 g/mol. The molecule has 0 fully saturated rings. The van der Waals surface area contributed by atoms with Crippen molar-refractivity contribution >= 4 is 0 Å². The van der Waals surface area contributed by atoms with E-state index in [9.17, 15) is 0 Å². The van der Waals surface area contributed by atoms with E-state index in [-0.39, 0.29) is 0 Å². The normalized spacial score (nSPS) is 12.7. The smallest absolute Gasteiger partial charge is 0.0506 e. The Kier molecular flexibility index (Phi) is 5.27. The first kappa shape index (κ1) is 11.2. The van der Waals surface area contributed by atoms with Gasteiger partial charge in [-0.15, -0.1) is 0 Å². The molecular formula is C12H19NO. The van der Waals surface area contributed by atoms with Crippen molar-refractivity contribution in [2.24, 2.45) is 11.7 Å². The van der Waals surface area contributed by atoms with Gasteiger partial charge in [-0.1, -0.05) is 37.3 Å².